The molecule has 82 valence electrons. The largest absolute Gasteiger partial charge is 0.492 e. The van der Waals surface area contributed by atoms with Crippen molar-refractivity contribution in [3.63, 3.8) is 0 Å². The second-order valence-corrected chi connectivity index (χ2v) is 2.80. The quantitative estimate of drug-likeness (QED) is 0.571. The number of esters is 1. The molecule has 5 nitrogen and oxygen atoms in total. The summed E-state index contributed by atoms with van der Waals surface area (Å²) in [5.41, 5.74) is 0.243. The summed E-state index contributed by atoms with van der Waals surface area (Å²) in [5, 5.41) is 8.54. The maximum absolute atomic E-state index is 11.0. The minimum atomic E-state index is -0.475. The van der Waals surface area contributed by atoms with E-state index >= 15 is 0 Å². The van der Waals surface area contributed by atoms with Crippen LogP contribution in [-0.2, 0) is 4.74 Å². The first-order valence-corrected chi connectivity index (χ1v) is 4.56. The summed E-state index contributed by atoms with van der Waals surface area (Å²) >= 11 is 0. The third kappa shape index (κ3) is 3.55. The molecule has 0 aliphatic heterocycles. The van der Waals surface area contributed by atoms with Crippen molar-refractivity contribution in [1.82, 2.24) is 4.98 Å². The topological polar surface area (TPSA) is 68.7 Å². The van der Waals surface area contributed by atoms with E-state index in [9.17, 15) is 4.79 Å². The van der Waals surface area contributed by atoms with Crippen molar-refractivity contribution in [2.24, 2.45) is 0 Å². The summed E-state index contributed by atoms with van der Waals surface area (Å²) in [6.07, 6.45) is 2.02. The molecule has 0 amide bonds. The zero-order valence-electron chi connectivity index (χ0n) is 8.47. The SMILES string of the molecule is COC(=O)c1ccc(OCCCO)cn1. The van der Waals surface area contributed by atoms with E-state index in [1.54, 1.807) is 6.07 Å². The Morgan fingerprint density at radius 2 is 2.33 bits per heavy atom. The minimum absolute atomic E-state index is 0.0909. The zero-order chi connectivity index (χ0) is 11.1. The fraction of sp³-hybridized carbons (Fsp3) is 0.400. The fourth-order valence-corrected chi connectivity index (χ4v) is 0.946. The van der Waals surface area contributed by atoms with Gasteiger partial charge in [0.1, 0.15) is 11.4 Å². The third-order valence-corrected chi connectivity index (χ3v) is 1.70. The summed E-state index contributed by atoms with van der Waals surface area (Å²) in [6.45, 7) is 0.517. The van der Waals surface area contributed by atoms with Gasteiger partial charge >= 0.3 is 5.97 Å². The number of methoxy groups -OCH3 is 1. The van der Waals surface area contributed by atoms with Crippen LogP contribution in [0.3, 0.4) is 0 Å². The molecule has 0 saturated carbocycles. The lowest BCUT2D eigenvalue weighted by atomic mass is 10.3. The second-order valence-electron chi connectivity index (χ2n) is 2.80. The van der Waals surface area contributed by atoms with Crippen LogP contribution >= 0.6 is 0 Å². The molecule has 0 radical (unpaired) electrons. The lowest BCUT2D eigenvalue weighted by Crippen LogP contribution is -2.05. The number of hydrogen-bond acceptors (Lipinski definition) is 5. The van der Waals surface area contributed by atoms with E-state index in [4.69, 9.17) is 9.84 Å². The minimum Gasteiger partial charge on any atom is -0.492 e. The van der Waals surface area contributed by atoms with Crippen molar-refractivity contribution in [2.45, 2.75) is 6.42 Å². The first-order chi connectivity index (χ1) is 7.27. The monoisotopic (exact) mass is 211 g/mol. The van der Waals surface area contributed by atoms with Crippen molar-refractivity contribution in [3.05, 3.63) is 24.0 Å². The summed E-state index contributed by atoms with van der Waals surface area (Å²) < 4.78 is 9.74. The molecule has 0 aromatic carbocycles. The van der Waals surface area contributed by atoms with Crippen LogP contribution in [0.2, 0.25) is 0 Å². The molecule has 0 aliphatic rings. The molecule has 15 heavy (non-hydrogen) atoms. The van der Waals surface area contributed by atoms with E-state index in [2.05, 4.69) is 9.72 Å². The molecule has 0 bridgehead atoms. The van der Waals surface area contributed by atoms with Gasteiger partial charge in [0.2, 0.25) is 0 Å². The van der Waals surface area contributed by atoms with E-state index in [0.29, 0.717) is 18.8 Å². The standard InChI is InChI=1S/C10H13NO4/c1-14-10(13)9-4-3-8(7-11-9)15-6-2-5-12/h3-4,7,12H,2,5-6H2,1H3. The van der Waals surface area contributed by atoms with Gasteiger partial charge in [-0.05, 0) is 12.1 Å². The molecule has 0 saturated heterocycles. The number of aliphatic hydroxyl groups is 1. The Kier molecular flexibility index (Phi) is 4.56. The highest BCUT2D eigenvalue weighted by Crippen LogP contribution is 2.09. The van der Waals surface area contributed by atoms with Gasteiger partial charge in [-0.25, -0.2) is 9.78 Å². The first kappa shape index (κ1) is 11.5. The Hall–Kier alpha value is -1.62. The van der Waals surface area contributed by atoms with Crippen molar-refractivity contribution in [1.29, 1.82) is 0 Å². The molecule has 1 N–H and O–H groups in total. The average Bonchev–Trinajstić information content (AvgIpc) is 2.29. The lowest BCUT2D eigenvalue weighted by molar-refractivity contribution is 0.0594. The highest BCUT2D eigenvalue weighted by Gasteiger charge is 2.06. The Bertz CT molecular complexity index is 310. The van der Waals surface area contributed by atoms with Gasteiger partial charge in [-0.3, -0.25) is 0 Å². The number of aliphatic hydroxyl groups excluding tert-OH is 1. The van der Waals surface area contributed by atoms with Crippen LogP contribution in [-0.4, -0.2) is 36.4 Å². The molecule has 0 aliphatic carbocycles. The summed E-state index contributed by atoms with van der Waals surface area (Å²) in [4.78, 5) is 14.9. The summed E-state index contributed by atoms with van der Waals surface area (Å²) in [6, 6.07) is 3.16. The molecular weight excluding hydrogens is 198 g/mol. The lowest BCUT2D eigenvalue weighted by Gasteiger charge is -2.04. The molecular formula is C10H13NO4. The van der Waals surface area contributed by atoms with Gasteiger partial charge in [0.15, 0.2) is 0 Å². The van der Waals surface area contributed by atoms with Crippen molar-refractivity contribution >= 4 is 5.97 Å². The number of carbonyl (C=O) groups excluding carboxylic acids is 1. The number of rotatable bonds is 5. The molecule has 1 heterocycles. The number of hydrogen-bond donors (Lipinski definition) is 1. The van der Waals surface area contributed by atoms with Gasteiger partial charge < -0.3 is 14.6 Å². The Balaban J connectivity index is 2.52. The van der Waals surface area contributed by atoms with E-state index in [-0.39, 0.29) is 12.3 Å². The maximum Gasteiger partial charge on any atom is 0.356 e. The van der Waals surface area contributed by atoms with Crippen LogP contribution in [0.25, 0.3) is 0 Å². The van der Waals surface area contributed by atoms with Crippen molar-refractivity contribution in [2.75, 3.05) is 20.3 Å². The first-order valence-electron chi connectivity index (χ1n) is 4.56. The van der Waals surface area contributed by atoms with Crippen LogP contribution < -0.4 is 4.74 Å². The smallest absolute Gasteiger partial charge is 0.356 e. The molecule has 0 unspecified atom stereocenters. The summed E-state index contributed by atoms with van der Waals surface area (Å²) in [7, 11) is 1.30. The number of aromatic nitrogens is 1. The second kappa shape index (κ2) is 5.98. The highest BCUT2D eigenvalue weighted by atomic mass is 16.5. The van der Waals surface area contributed by atoms with Gasteiger partial charge in [0.25, 0.3) is 0 Å². The number of carbonyl (C=O) groups is 1. The Morgan fingerprint density at radius 1 is 1.53 bits per heavy atom. The van der Waals surface area contributed by atoms with Crippen LogP contribution in [0.15, 0.2) is 18.3 Å². The molecule has 0 fully saturated rings. The predicted octanol–water partition coefficient (Wildman–Crippen LogP) is 0.629. The number of ether oxygens (including phenoxy) is 2. The van der Waals surface area contributed by atoms with Gasteiger partial charge in [0, 0.05) is 13.0 Å². The van der Waals surface area contributed by atoms with Gasteiger partial charge in [-0.1, -0.05) is 0 Å². The van der Waals surface area contributed by atoms with Crippen LogP contribution in [0.5, 0.6) is 5.75 Å². The molecule has 1 aromatic heterocycles. The van der Waals surface area contributed by atoms with E-state index < -0.39 is 5.97 Å². The molecule has 5 heteroatoms. The van der Waals surface area contributed by atoms with Gasteiger partial charge in [-0.2, -0.15) is 0 Å². The van der Waals surface area contributed by atoms with Crippen LogP contribution in [0.1, 0.15) is 16.9 Å². The molecule has 1 aromatic rings. The van der Waals surface area contributed by atoms with Crippen LogP contribution in [0.4, 0.5) is 0 Å². The Morgan fingerprint density at radius 3 is 2.87 bits per heavy atom. The van der Waals surface area contributed by atoms with E-state index in [1.807, 2.05) is 0 Å². The molecule has 1 rings (SSSR count). The predicted molar refractivity (Wildman–Crippen MR) is 52.8 cm³/mol. The maximum atomic E-state index is 11.0. The highest BCUT2D eigenvalue weighted by molar-refractivity contribution is 5.87. The van der Waals surface area contributed by atoms with Gasteiger partial charge in [-0.15, -0.1) is 0 Å². The van der Waals surface area contributed by atoms with Gasteiger partial charge in [0.05, 0.1) is 19.9 Å². The van der Waals surface area contributed by atoms with Crippen LogP contribution in [0, 0.1) is 0 Å². The van der Waals surface area contributed by atoms with Crippen molar-refractivity contribution in [3.8, 4) is 5.75 Å². The van der Waals surface area contributed by atoms with Crippen molar-refractivity contribution < 1.29 is 19.4 Å². The summed E-state index contributed by atoms with van der Waals surface area (Å²) in [5.74, 6) is 0.0908. The Labute approximate surface area is 87.7 Å². The average molecular weight is 211 g/mol. The normalized spacial score (nSPS) is 9.73. The zero-order valence-corrected chi connectivity index (χ0v) is 8.47. The van der Waals surface area contributed by atoms with E-state index in [0.717, 1.165) is 0 Å². The molecule has 0 atom stereocenters. The third-order valence-electron chi connectivity index (χ3n) is 1.70. The fourth-order valence-electron chi connectivity index (χ4n) is 0.946. The molecule has 0 spiro atoms. The number of nitrogens with zero attached hydrogens (tertiary/aromatic N) is 1. The number of pyridine rings is 1. The van der Waals surface area contributed by atoms with E-state index in [1.165, 1.54) is 19.4 Å².